The van der Waals surface area contributed by atoms with Gasteiger partial charge in [0.2, 0.25) is 0 Å². The van der Waals surface area contributed by atoms with Gasteiger partial charge in [-0.2, -0.15) is 0 Å². The van der Waals surface area contributed by atoms with Gasteiger partial charge in [-0.3, -0.25) is 0 Å². The molecule has 0 aliphatic carbocycles. The zero-order valence-corrected chi connectivity index (χ0v) is 8.26. The molecule has 2 radical (unpaired) electrons. The van der Waals surface area contributed by atoms with Gasteiger partial charge in [0.25, 0.3) is 0 Å². The summed E-state index contributed by atoms with van der Waals surface area (Å²) in [6.07, 6.45) is 2.61. The summed E-state index contributed by atoms with van der Waals surface area (Å²) in [6, 6.07) is 0. The Labute approximate surface area is 61.2 Å². The van der Waals surface area contributed by atoms with Gasteiger partial charge in [0.05, 0.1) is 0 Å². The van der Waals surface area contributed by atoms with Crippen molar-refractivity contribution in [2.45, 2.75) is 34.2 Å². The fourth-order valence-electron chi connectivity index (χ4n) is 0.998. The molecular weight excluding hydrogens is 205 g/mol. The summed E-state index contributed by atoms with van der Waals surface area (Å²) in [7, 11) is 0. The topological polar surface area (TPSA) is 26.0 Å². The molecule has 0 atom stereocenters. The zero-order valence-electron chi connectivity index (χ0n) is 5.41. The Morgan fingerprint density at radius 3 is 2.12 bits per heavy atom. The van der Waals surface area contributed by atoms with Gasteiger partial charge in [-0.15, -0.1) is 0 Å². The normalized spacial score (nSPS) is 27.8. The summed E-state index contributed by atoms with van der Waals surface area (Å²) >= 11 is 0.128. The predicted octanol–water partition coefficient (Wildman–Crippen LogP) is 1.04. The minimum atomic E-state index is 0.128. The summed E-state index contributed by atoms with van der Waals surface area (Å²) in [6.45, 7) is 2.19. The van der Waals surface area contributed by atoms with Crippen molar-refractivity contribution in [1.82, 2.24) is 0 Å². The van der Waals surface area contributed by atoms with Crippen LogP contribution in [0, 0.1) is 0 Å². The number of nitrogens with two attached hydrogens (primary N) is 1. The fourth-order valence-corrected chi connectivity index (χ4v) is 5.98. The predicted molar refractivity (Wildman–Crippen MR) is 37.2 cm³/mol. The summed E-state index contributed by atoms with van der Waals surface area (Å²) in [5.41, 5.74) is 6.13. The third kappa shape index (κ3) is 1.94. The van der Waals surface area contributed by atoms with Crippen LogP contribution in [0.5, 0.6) is 0 Å². The Morgan fingerprint density at radius 1 is 1.38 bits per heavy atom. The number of hydrogen-bond acceptors (Lipinski definition) is 1. The van der Waals surface area contributed by atoms with E-state index in [1.54, 1.807) is 0 Å². The SMILES string of the molecule is CC1(N)C[CH2][Sn][CH2]C1. The molecule has 46 valence electrons. The van der Waals surface area contributed by atoms with E-state index < -0.39 is 0 Å². The van der Waals surface area contributed by atoms with E-state index >= 15 is 0 Å². The van der Waals surface area contributed by atoms with E-state index in [2.05, 4.69) is 6.92 Å². The molecule has 1 aliphatic rings. The van der Waals surface area contributed by atoms with Gasteiger partial charge in [0.15, 0.2) is 0 Å². The molecule has 0 unspecified atom stereocenters. The molecule has 0 bridgehead atoms. The minimum absolute atomic E-state index is 0.128. The van der Waals surface area contributed by atoms with Crippen LogP contribution in [0.15, 0.2) is 0 Å². The van der Waals surface area contributed by atoms with Crippen molar-refractivity contribution in [3.8, 4) is 0 Å². The molecule has 2 heteroatoms. The van der Waals surface area contributed by atoms with Crippen LogP contribution in [0.2, 0.25) is 8.87 Å². The molecule has 1 saturated heterocycles. The van der Waals surface area contributed by atoms with E-state index in [9.17, 15) is 0 Å². The van der Waals surface area contributed by atoms with Crippen molar-refractivity contribution in [1.29, 1.82) is 0 Å². The van der Waals surface area contributed by atoms with Gasteiger partial charge in [-0.05, 0) is 0 Å². The van der Waals surface area contributed by atoms with E-state index in [0.717, 1.165) is 0 Å². The van der Waals surface area contributed by atoms with Gasteiger partial charge < -0.3 is 0 Å². The second kappa shape index (κ2) is 2.56. The van der Waals surface area contributed by atoms with E-state index in [4.69, 9.17) is 5.73 Å². The van der Waals surface area contributed by atoms with Crippen molar-refractivity contribution >= 4 is 21.1 Å². The first-order chi connectivity index (χ1) is 3.71. The van der Waals surface area contributed by atoms with Crippen molar-refractivity contribution in [2.75, 3.05) is 0 Å². The van der Waals surface area contributed by atoms with Crippen LogP contribution in [0.25, 0.3) is 0 Å². The summed E-state index contributed by atoms with van der Waals surface area (Å²) < 4.78 is 3.02. The van der Waals surface area contributed by atoms with Gasteiger partial charge in [-0.25, -0.2) is 0 Å². The van der Waals surface area contributed by atoms with Crippen LogP contribution in [0.1, 0.15) is 19.8 Å². The molecule has 0 amide bonds. The molecule has 0 aromatic heterocycles. The van der Waals surface area contributed by atoms with Crippen LogP contribution in [-0.2, 0) is 0 Å². The molecule has 8 heavy (non-hydrogen) atoms. The Morgan fingerprint density at radius 2 is 1.88 bits per heavy atom. The third-order valence-electron chi connectivity index (χ3n) is 1.75. The molecule has 1 nitrogen and oxygen atoms in total. The Kier molecular flexibility index (Phi) is 2.20. The molecule has 0 saturated carbocycles. The summed E-state index contributed by atoms with van der Waals surface area (Å²) in [4.78, 5) is 0. The first kappa shape index (κ1) is 6.87. The van der Waals surface area contributed by atoms with Crippen molar-refractivity contribution < 1.29 is 0 Å². The summed E-state index contributed by atoms with van der Waals surface area (Å²) in [5, 5.41) is 0. The quantitative estimate of drug-likeness (QED) is 0.604. The van der Waals surface area contributed by atoms with Gasteiger partial charge >= 0.3 is 61.1 Å². The van der Waals surface area contributed by atoms with E-state index in [1.807, 2.05) is 0 Å². The Bertz CT molecular complexity index is 72.6. The van der Waals surface area contributed by atoms with Crippen LogP contribution in [0.4, 0.5) is 0 Å². The number of hydrogen-bond donors (Lipinski definition) is 1. The maximum atomic E-state index is 5.90. The molecule has 1 rings (SSSR count). The monoisotopic (exact) mass is 219 g/mol. The Hall–Kier alpha value is 0.759. The number of rotatable bonds is 0. The molecule has 0 aromatic rings. The van der Waals surface area contributed by atoms with Crippen LogP contribution in [-0.4, -0.2) is 26.7 Å². The summed E-state index contributed by atoms with van der Waals surface area (Å²) in [5.74, 6) is 0. The fraction of sp³-hybridized carbons (Fsp3) is 1.00. The third-order valence-corrected chi connectivity index (χ3v) is 5.19. The average Bonchev–Trinajstić information content (AvgIpc) is 1.65. The standard InChI is InChI=1S/C6H13N.Sn/c1-4-6(3,7)5-2;/h1-2,4-5,7H2,3H3;. The second-order valence-corrected chi connectivity index (χ2v) is 7.19. The first-order valence-corrected chi connectivity index (χ1v) is 7.24. The van der Waals surface area contributed by atoms with E-state index in [1.165, 1.54) is 21.7 Å². The molecular formula is C6H13NSn. The first-order valence-electron chi connectivity index (χ1n) is 3.20. The van der Waals surface area contributed by atoms with E-state index in [0.29, 0.717) is 0 Å². The molecule has 0 aromatic carbocycles. The Balaban J connectivity index is 2.33. The maximum absolute atomic E-state index is 5.90. The van der Waals surface area contributed by atoms with E-state index in [-0.39, 0.29) is 26.7 Å². The average molecular weight is 218 g/mol. The molecule has 0 spiro atoms. The molecule has 1 fully saturated rings. The van der Waals surface area contributed by atoms with Gasteiger partial charge in [0, 0.05) is 0 Å². The van der Waals surface area contributed by atoms with Crippen molar-refractivity contribution in [2.24, 2.45) is 5.73 Å². The van der Waals surface area contributed by atoms with Crippen molar-refractivity contribution in [3.05, 3.63) is 0 Å². The van der Waals surface area contributed by atoms with Crippen molar-refractivity contribution in [3.63, 3.8) is 0 Å². The molecule has 1 aliphatic heterocycles. The molecule has 1 heterocycles. The van der Waals surface area contributed by atoms with Gasteiger partial charge in [0.1, 0.15) is 0 Å². The van der Waals surface area contributed by atoms with Gasteiger partial charge in [-0.1, -0.05) is 0 Å². The molecule has 2 N–H and O–H groups in total. The second-order valence-electron chi connectivity index (χ2n) is 2.90. The zero-order chi connectivity index (χ0) is 6.04. The van der Waals surface area contributed by atoms with Crippen LogP contribution in [0.3, 0.4) is 0 Å². The van der Waals surface area contributed by atoms with Crippen LogP contribution >= 0.6 is 0 Å². The van der Waals surface area contributed by atoms with Crippen LogP contribution < -0.4 is 5.73 Å².